The first-order chi connectivity index (χ1) is 4.33. The molecule has 0 spiro atoms. The highest BCUT2D eigenvalue weighted by atomic mass is 16.3. The van der Waals surface area contributed by atoms with E-state index in [4.69, 9.17) is 0 Å². The third-order valence-corrected chi connectivity index (χ3v) is 2.18. The molecule has 0 aliphatic heterocycles. The predicted molar refractivity (Wildman–Crippen MR) is 35.7 cm³/mol. The Morgan fingerprint density at radius 3 is 2.22 bits per heavy atom. The van der Waals surface area contributed by atoms with Gasteiger partial charge in [-0.3, -0.25) is 0 Å². The van der Waals surface area contributed by atoms with Crippen molar-refractivity contribution in [2.45, 2.75) is 38.6 Å². The van der Waals surface area contributed by atoms with Crippen molar-refractivity contribution in [3.8, 4) is 0 Å². The van der Waals surface area contributed by atoms with Crippen molar-refractivity contribution in [3.63, 3.8) is 0 Å². The Bertz CT molecular complexity index is 95.1. The van der Waals surface area contributed by atoms with Crippen LogP contribution in [0.15, 0.2) is 0 Å². The van der Waals surface area contributed by atoms with Crippen molar-refractivity contribution in [1.29, 1.82) is 0 Å². The monoisotopic (exact) mass is 128 g/mol. The normalized spacial score (nSPS) is 36.1. The maximum atomic E-state index is 10.1. The van der Waals surface area contributed by atoms with Crippen LogP contribution >= 0.6 is 0 Å². The summed E-state index contributed by atoms with van der Waals surface area (Å²) in [5, 5.41) is 2.07. The minimum absolute atomic E-state index is 0.265. The van der Waals surface area contributed by atoms with E-state index in [-0.39, 0.29) is 6.04 Å². The molecule has 0 amide bonds. The molecule has 9 heavy (non-hydrogen) atoms. The second-order valence-electron chi connectivity index (χ2n) is 3.07. The summed E-state index contributed by atoms with van der Waals surface area (Å²) in [5.41, 5.74) is 0. The fourth-order valence-corrected chi connectivity index (χ4v) is 1.38. The molecule has 1 aliphatic carbocycles. The highest BCUT2D eigenvalue weighted by Gasteiger charge is 2.21. The highest BCUT2D eigenvalue weighted by Crippen LogP contribution is 2.20. The van der Waals surface area contributed by atoms with Gasteiger partial charge in [0.1, 0.15) is 0 Å². The molecule has 0 saturated heterocycles. The average molecular weight is 128 g/mol. The number of hydrogen-bond acceptors (Lipinski definition) is 1. The summed E-state index contributed by atoms with van der Waals surface area (Å²) in [5.74, 6) is 0.842. The molecule has 1 N–H and O–H groups in total. The summed E-state index contributed by atoms with van der Waals surface area (Å²) in [6.45, 7) is 2.25. The first-order valence-electron chi connectivity index (χ1n) is 3.70. The van der Waals surface area contributed by atoms with Crippen LogP contribution in [0.3, 0.4) is 0 Å². The smallest absolute Gasteiger partial charge is 0.0625 e. The van der Waals surface area contributed by atoms with Crippen molar-refractivity contribution >= 4 is 0 Å². The molecule has 0 aromatic rings. The van der Waals surface area contributed by atoms with Gasteiger partial charge in [-0.2, -0.15) is 0 Å². The van der Waals surface area contributed by atoms with Crippen molar-refractivity contribution in [1.82, 2.24) is 0 Å². The van der Waals surface area contributed by atoms with Crippen LogP contribution in [0.4, 0.5) is 0 Å². The second-order valence-corrected chi connectivity index (χ2v) is 3.07. The van der Waals surface area contributed by atoms with Crippen molar-refractivity contribution in [3.05, 3.63) is 4.91 Å². The van der Waals surface area contributed by atoms with Gasteiger partial charge < -0.3 is 0 Å². The zero-order chi connectivity index (χ0) is 6.69. The van der Waals surface area contributed by atoms with Gasteiger partial charge in [0.15, 0.2) is 6.04 Å². The van der Waals surface area contributed by atoms with Gasteiger partial charge in [0.05, 0.1) is 0 Å². The quantitative estimate of drug-likeness (QED) is 0.545. The molecule has 1 aliphatic rings. The molecular formula is C7H14NO+. The highest BCUT2D eigenvalue weighted by molar-refractivity contribution is 4.66. The first-order valence-corrected chi connectivity index (χ1v) is 3.70. The van der Waals surface area contributed by atoms with Crippen LogP contribution in [0.2, 0.25) is 0 Å². The van der Waals surface area contributed by atoms with E-state index in [0.29, 0.717) is 0 Å². The molecule has 1 saturated carbocycles. The zero-order valence-electron chi connectivity index (χ0n) is 5.89. The third kappa shape index (κ3) is 1.77. The molecule has 0 heterocycles. The Morgan fingerprint density at radius 1 is 1.22 bits per heavy atom. The van der Waals surface area contributed by atoms with Gasteiger partial charge >= 0.3 is 0 Å². The van der Waals surface area contributed by atoms with Gasteiger partial charge in [0.2, 0.25) is 0 Å². The predicted octanol–water partition coefficient (Wildman–Crippen LogP) is 0.412. The standard InChI is InChI=1S/C7H13NO/c1-6-2-4-7(8-9)5-3-6/h6-7H,2-5H2,1H3/p+1. The summed E-state index contributed by atoms with van der Waals surface area (Å²) >= 11 is 0. The van der Waals surface area contributed by atoms with E-state index in [1.54, 1.807) is 0 Å². The molecular weight excluding hydrogens is 114 g/mol. The van der Waals surface area contributed by atoms with E-state index >= 15 is 0 Å². The molecule has 1 fully saturated rings. The zero-order valence-corrected chi connectivity index (χ0v) is 5.89. The summed E-state index contributed by atoms with van der Waals surface area (Å²) < 4.78 is 0. The van der Waals surface area contributed by atoms with E-state index in [0.717, 1.165) is 18.8 Å². The fraction of sp³-hybridized carbons (Fsp3) is 1.00. The van der Waals surface area contributed by atoms with Gasteiger partial charge in [-0.05, 0) is 23.9 Å². The first kappa shape index (κ1) is 6.72. The van der Waals surface area contributed by atoms with Crippen LogP contribution in [0, 0.1) is 10.8 Å². The lowest BCUT2D eigenvalue weighted by Gasteiger charge is -2.17. The van der Waals surface area contributed by atoms with E-state index in [1.807, 2.05) is 0 Å². The van der Waals surface area contributed by atoms with E-state index in [9.17, 15) is 4.91 Å². The molecule has 0 unspecified atom stereocenters. The molecule has 0 atom stereocenters. The van der Waals surface area contributed by atoms with E-state index in [1.165, 1.54) is 12.8 Å². The maximum Gasteiger partial charge on any atom is 0.198 e. The van der Waals surface area contributed by atoms with Crippen LogP contribution in [0.25, 0.3) is 0 Å². The number of hydrogen-bond donors (Lipinski definition) is 1. The average Bonchev–Trinajstić information content (AvgIpc) is 1.90. The lowest BCUT2D eigenvalue weighted by molar-refractivity contribution is -0.529. The summed E-state index contributed by atoms with van der Waals surface area (Å²) in [6, 6.07) is 0.265. The largest absolute Gasteiger partial charge is 0.198 e. The van der Waals surface area contributed by atoms with Gasteiger partial charge in [-0.1, -0.05) is 6.92 Å². The number of nitrogens with one attached hydrogen (secondary N) is 1. The Morgan fingerprint density at radius 2 is 1.78 bits per heavy atom. The molecule has 52 valence electrons. The second kappa shape index (κ2) is 2.95. The molecule has 0 bridgehead atoms. The lowest BCUT2D eigenvalue weighted by atomic mass is 9.88. The van der Waals surface area contributed by atoms with Crippen LogP contribution in [0.1, 0.15) is 32.6 Å². The Balaban J connectivity index is 2.26. The van der Waals surface area contributed by atoms with Gasteiger partial charge in [0, 0.05) is 17.7 Å². The molecule has 0 aromatic carbocycles. The van der Waals surface area contributed by atoms with Crippen LogP contribution in [-0.2, 0) is 0 Å². The summed E-state index contributed by atoms with van der Waals surface area (Å²) in [4.78, 5) is 10.1. The fourth-order valence-electron chi connectivity index (χ4n) is 1.38. The van der Waals surface area contributed by atoms with Crippen LogP contribution < -0.4 is 5.18 Å². The van der Waals surface area contributed by atoms with Gasteiger partial charge in [-0.15, -0.1) is 0 Å². The third-order valence-electron chi connectivity index (χ3n) is 2.18. The van der Waals surface area contributed by atoms with Crippen molar-refractivity contribution in [2.75, 3.05) is 0 Å². The van der Waals surface area contributed by atoms with Gasteiger partial charge in [0.25, 0.3) is 0 Å². The molecule has 0 aromatic heterocycles. The minimum atomic E-state index is 0.265. The van der Waals surface area contributed by atoms with Crippen molar-refractivity contribution < 1.29 is 5.18 Å². The number of nitroso groups, excluding NO2 is 1. The number of rotatable bonds is 1. The molecule has 0 radical (unpaired) electrons. The SMILES string of the molecule is CC1CCC([NH+]=O)CC1. The van der Waals surface area contributed by atoms with Crippen LogP contribution in [0.5, 0.6) is 0 Å². The molecule has 2 nitrogen and oxygen atoms in total. The lowest BCUT2D eigenvalue weighted by Crippen LogP contribution is -2.73. The Hall–Kier alpha value is -0.400. The molecule has 1 rings (SSSR count). The summed E-state index contributed by atoms with van der Waals surface area (Å²) in [6.07, 6.45) is 4.59. The maximum absolute atomic E-state index is 10.1. The Kier molecular flexibility index (Phi) is 2.20. The van der Waals surface area contributed by atoms with Crippen molar-refractivity contribution in [2.24, 2.45) is 5.92 Å². The molecule has 2 heteroatoms. The van der Waals surface area contributed by atoms with E-state index in [2.05, 4.69) is 12.1 Å². The van der Waals surface area contributed by atoms with Crippen LogP contribution in [-0.4, -0.2) is 6.04 Å². The Labute approximate surface area is 55.6 Å². The topological polar surface area (TPSA) is 31.0 Å². The summed E-state index contributed by atoms with van der Waals surface area (Å²) in [7, 11) is 0. The van der Waals surface area contributed by atoms with E-state index < -0.39 is 0 Å². The minimum Gasteiger partial charge on any atom is -0.0625 e. The van der Waals surface area contributed by atoms with Gasteiger partial charge in [-0.25, -0.2) is 0 Å².